The van der Waals surface area contributed by atoms with E-state index in [9.17, 15) is 0 Å². The van der Waals surface area contributed by atoms with Gasteiger partial charge in [0.15, 0.2) is 0 Å². The van der Waals surface area contributed by atoms with Gasteiger partial charge < -0.3 is 4.42 Å². The fourth-order valence-electron chi connectivity index (χ4n) is 8.43. The Morgan fingerprint density at radius 3 is 1.73 bits per heavy atom. The van der Waals surface area contributed by atoms with Crippen molar-refractivity contribution in [3.63, 3.8) is 0 Å². The van der Waals surface area contributed by atoms with E-state index >= 15 is 0 Å². The van der Waals surface area contributed by atoms with Gasteiger partial charge in [-0.25, -0.2) is 0 Å². The van der Waals surface area contributed by atoms with E-state index in [-0.39, 0.29) is 5.41 Å². The first kappa shape index (κ1) is 27.2. The van der Waals surface area contributed by atoms with Crippen molar-refractivity contribution in [2.24, 2.45) is 0 Å². The summed E-state index contributed by atoms with van der Waals surface area (Å²) in [6.07, 6.45) is 0. The minimum Gasteiger partial charge on any atom is -0.456 e. The van der Waals surface area contributed by atoms with Gasteiger partial charge in [0.05, 0.1) is 0 Å². The van der Waals surface area contributed by atoms with E-state index in [4.69, 9.17) is 4.42 Å². The van der Waals surface area contributed by atoms with Gasteiger partial charge >= 0.3 is 0 Å². The van der Waals surface area contributed by atoms with Crippen molar-refractivity contribution in [2.75, 3.05) is 0 Å². The zero-order valence-corrected chi connectivity index (χ0v) is 26.9. The van der Waals surface area contributed by atoms with Crippen LogP contribution < -0.4 is 0 Å². The zero-order chi connectivity index (χ0) is 32.0. The predicted octanol–water partition coefficient (Wildman–Crippen LogP) is 13.2. The number of furan rings is 1. The van der Waals surface area contributed by atoms with Gasteiger partial charge in [-0.05, 0) is 101 Å². The first-order valence-corrected chi connectivity index (χ1v) is 16.8. The number of hydrogen-bond acceptors (Lipinski definition) is 1. The Bertz CT molecular complexity index is 2690. The fraction of sp³-hybridized carbons (Fsp3) is 0.0638. The summed E-state index contributed by atoms with van der Waals surface area (Å²) in [6.45, 7) is 4.72. The Hall–Kier alpha value is -5.92. The van der Waals surface area contributed by atoms with Crippen LogP contribution in [0.4, 0.5) is 0 Å². The first-order valence-electron chi connectivity index (χ1n) is 16.8. The average Bonchev–Trinajstić information content (AvgIpc) is 3.62. The molecule has 0 aliphatic heterocycles. The molecule has 1 aromatic heterocycles. The standard InChI is InChI=1S/C47H32O/c1-47(2)40-21-11-10-15-32(40)33-25-23-31(28-41(33)47)44-34-16-6-8-18-36(34)45(37-19-9-7-17-35(37)44)38-20-12-22-43-46(38)39-27-30(24-26-42(39)48-43)29-13-4-3-5-14-29/h3-28H,1-2H3. The summed E-state index contributed by atoms with van der Waals surface area (Å²) < 4.78 is 6.51. The Morgan fingerprint density at radius 1 is 0.375 bits per heavy atom. The molecule has 1 heterocycles. The van der Waals surface area contributed by atoms with E-state index in [1.165, 1.54) is 77.2 Å². The zero-order valence-electron chi connectivity index (χ0n) is 26.9. The predicted molar refractivity (Wildman–Crippen MR) is 203 cm³/mol. The molecule has 10 rings (SSSR count). The summed E-state index contributed by atoms with van der Waals surface area (Å²) in [7, 11) is 0. The average molecular weight is 613 g/mol. The molecule has 0 unspecified atom stereocenters. The highest BCUT2D eigenvalue weighted by molar-refractivity contribution is 6.25. The minimum atomic E-state index is -0.0654. The van der Waals surface area contributed by atoms with Gasteiger partial charge in [0, 0.05) is 16.2 Å². The van der Waals surface area contributed by atoms with Crippen LogP contribution in [0.15, 0.2) is 162 Å². The van der Waals surface area contributed by atoms with Crippen molar-refractivity contribution in [2.45, 2.75) is 19.3 Å². The summed E-state index contributed by atoms with van der Waals surface area (Å²) in [5.41, 5.74) is 14.6. The van der Waals surface area contributed by atoms with Crippen molar-refractivity contribution in [3.8, 4) is 44.5 Å². The SMILES string of the molecule is CC1(C)c2ccccc2-c2ccc(-c3c4ccccc4c(-c4cccc5oc6ccc(-c7ccccc7)cc6c45)c4ccccc34)cc21. The molecule has 1 aliphatic rings. The topological polar surface area (TPSA) is 13.1 Å². The number of benzene rings is 8. The van der Waals surface area contributed by atoms with Gasteiger partial charge in [0.1, 0.15) is 11.2 Å². The molecule has 0 amide bonds. The van der Waals surface area contributed by atoms with E-state index < -0.39 is 0 Å². The molecule has 0 saturated carbocycles. The van der Waals surface area contributed by atoms with E-state index in [1.807, 2.05) is 0 Å². The first-order chi connectivity index (χ1) is 23.6. The van der Waals surface area contributed by atoms with E-state index in [2.05, 4.69) is 172 Å². The van der Waals surface area contributed by atoms with Crippen LogP contribution in [0.5, 0.6) is 0 Å². The lowest BCUT2D eigenvalue weighted by molar-refractivity contribution is 0.660. The van der Waals surface area contributed by atoms with Crippen LogP contribution in [-0.2, 0) is 5.41 Å². The highest BCUT2D eigenvalue weighted by atomic mass is 16.3. The van der Waals surface area contributed by atoms with E-state index in [0.29, 0.717) is 0 Å². The number of hydrogen-bond donors (Lipinski definition) is 0. The molecular formula is C47H32O. The van der Waals surface area contributed by atoms with Crippen LogP contribution >= 0.6 is 0 Å². The molecule has 1 heteroatoms. The third-order valence-corrected chi connectivity index (χ3v) is 10.7. The molecule has 0 bridgehead atoms. The maximum atomic E-state index is 6.51. The van der Waals surface area contributed by atoms with E-state index in [0.717, 1.165) is 21.9 Å². The van der Waals surface area contributed by atoms with Crippen molar-refractivity contribution >= 4 is 43.5 Å². The van der Waals surface area contributed by atoms with Gasteiger partial charge in [-0.1, -0.05) is 147 Å². The van der Waals surface area contributed by atoms with Gasteiger partial charge in [-0.2, -0.15) is 0 Å². The molecular weight excluding hydrogens is 581 g/mol. The van der Waals surface area contributed by atoms with Crippen molar-refractivity contribution < 1.29 is 4.42 Å². The lowest BCUT2D eigenvalue weighted by Gasteiger charge is -2.23. The molecule has 1 nitrogen and oxygen atoms in total. The smallest absolute Gasteiger partial charge is 0.136 e. The second kappa shape index (κ2) is 10.0. The molecule has 1 aliphatic carbocycles. The van der Waals surface area contributed by atoms with Crippen LogP contribution in [-0.4, -0.2) is 0 Å². The minimum absolute atomic E-state index is 0.0654. The van der Waals surface area contributed by atoms with Gasteiger partial charge in [-0.3, -0.25) is 0 Å². The fourth-order valence-corrected chi connectivity index (χ4v) is 8.43. The third kappa shape index (κ3) is 3.79. The van der Waals surface area contributed by atoms with Gasteiger partial charge in [0.25, 0.3) is 0 Å². The Labute approximate surface area is 279 Å². The normalized spacial score (nSPS) is 13.4. The molecule has 8 aromatic carbocycles. The van der Waals surface area contributed by atoms with E-state index in [1.54, 1.807) is 0 Å². The molecule has 48 heavy (non-hydrogen) atoms. The summed E-state index contributed by atoms with van der Waals surface area (Å²) >= 11 is 0. The summed E-state index contributed by atoms with van der Waals surface area (Å²) in [4.78, 5) is 0. The second-order valence-corrected chi connectivity index (χ2v) is 13.6. The molecule has 0 saturated heterocycles. The third-order valence-electron chi connectivity index (χ3n) is 10.7. The van der Waals surface area contributed by atoms with Crippen molar-refractivity contribution in [1.29, 1.82) is 0 Å². The maximum absolute atomic E-state index is 6.51. The molecule has 0 radical (unpaired) electrons. The molecule has 0 spiro atoms. The van der Waals surface area contributed by atoms with Crippen LogP contribution in [0.2, 0.25) is 0 Å². The van der Waals surface area contributed by atoms with Crippen LogP contribution in [0.25, 0.3) is 88.0 Å². The summed E-state index contributed by atoms with van der Waals surface area (Å²) in [6, 6.07) is 57.6. The van der Waals surface area contributed by atoms with Crippen molar-refractivity contribution in [3.05, 3.63) is 169 Å². The molecule has 9 aromatic rings. The van der Waals surface area contributed by atoms with Gasteiger partial charge in [-0.15, -0.1) is 0 Å². The molecule has 0 N–H and O–H groups in total. The van der Waals surface area contributed by atoms with Crippen LogP contribution in [0, 0.1) is 0 Å². The molecule has 0 fully saturated rings. The quantitative estimate of drug-likeness (QED) is 0.181. The largest absolute Gasteiger partial charge is 0.456 e. The highest BCUT2D eigenvalue weighted by Gasteiger charge is 2.35. The Balaban J connectivity index is 1.27. The molecule has 226 valence electrons. The number of rotatable bonds is 3. The lowest BCUT2D eigenvalue weighted by Crippen LogP contribution is -2.14. The monoisotopic (exact) mass is 612 g/mol. The lowest BCUT2D eigenvalue weighted by atomic mass is 9.80. The maximum Gasteiger partial charge on any atom is 0.136 e. The summed E-state index contributed by atoms with van der Waals surface area (Å²) in [5, 5.41) is 7.30. The summed E-state index contributed by atoms with van der Waals surface area (Å²) in [5.74, 6) is 0. The van der Waals surface area contributed by atoms with Crippen LogP contribution in [0.3, 0.4) is 0 Å². The van der Waals surface area contributed by atoms with Gasteiger partial charge in [0.2, 0.25) is 0 Å². The second-order valence-electron chi connectivity index (χ2n) is 13.6. The van der Waals surface area contributed by atoms with Crippen molar-refractivity contribution in [1.82, 2.24) is 0 Å². The van der Waals surface area contributed by atoms with Crippen LogP contribution in [0.1, 0.15) is 25.0 Å². The molecule has 0 atom stereocenters. The Kier molecular flexibility index (Phi) is 5.69. The number of fused-ring (bicyclic) bond motifs is 8. The highest BCUT2D eigenvalue weighted by Crippen LogP contribution is 2.52. The Morgan fingerprint density at radius 2 is 0.979 bits per heavy atom.